The van der Waals surface area contributed by atoms with Crippen molar-refractivity contribution in [1.82, 2.24) is 0 Å². The van der Waals surface area contributed by atoms with Crippen molar-refractivity contribution in [3.05, 3.63) is 0 Å². The first-order chi connectivity index (χ1) is 6.66. The Morgan fingerprint density at radius 3 is 1.79 bits per heavy atom. The van der Waals surface area contributed by atoms with Crippen LogP contribution in [0.2, 0.25) is 6.04 Å². The van der Waals surface area contributed by atoms with E-state index >= 15 is 0 Å². The Morgan fingerprint density at radius 1 is 1.21 bits per heavy atom. The zero-order chi connectivity index (χ0) is 11.4. The highest BCUT2D eigenvalue weighted by atomic mass is 28.4. The van der Waals surface area contributed by atoms with Crippen LogP contribution in [0.25, 0.3) is 0 Å². The second-order valence-corrected chi connectivity index (χ2v) is 5.59. The van der Waals surface area contributed by atoms with Gasteiger partial charge in [0.05, 0.1) is 0 Å². The summed E-state index contributed by atoms with van der Waals surface area (Å²) in [6, 6.07) is 0.910. The van der Waals surface area contributed by atoms with E-state index in [1.54, 1.807) is 21.3 Å². The fourth-order valence-corrected chi connectivity index (χ4v) is 2.85. The summed E-state index contributed by atoms with van der Waals surface area (Å²) >= 11 is 0. The molecule has 0 bridgehead atoms. The standard InChI is InChI=1S/C7H18O3Si.CHNO/c1-5-6-7-11(8-2,9-3)10-4;2-1-3/h5-7H2,1-4H3;2H. The predicted octanol–water partition coefficient (Wildman–Crippen LogP) is 1.57. The zero-order valence-corrected chi connectivity index (χ0v) is 10.3. The molecule has 0 saturated heterocycles. The van der Waals surface area contributed by atoms with Crippen LogP contribution in [0.3, 0.4) is 0 Å². The van der Waals surface area contributed by atoms with Gasteiger partial charge in [-0.3, -0.25) is 0 Å². The Bertz CT molecular complexity index is 147. The molecule has 0 heterocycles. The van der Waals surface area contributed by atoms with Gasteiger partial charge in [0.25, 0.3) is 0 Å². The molecule has 84 valence electrons. The van der Waals surface area contributed by atoms with E-state index in [0.29, 0.717) is 0 Å². The molecule has 0 aromatic rings. The Hall–Kier alpha value is -0.523. The second-order valence-electron chi connectivity index (χ2n) is 2.50. The molecular weight excluding hydrogens is 202 g/mol. The first-order valence-electron chi connectivity index (χ1n) is 4.35. The summed E-state index contributed by atoms with van der Waals surface area (Å²) in [6.07, 6.45) is 2.99. The topological polar surface area (TPSA) is 68.6 Å². The van der Waals surface area contributed by atoms with E-state index in [9.17, 15) is 0 Å². The maximum absolute atomic E-state index is 8.35. The number of hydrogen-bond donors (Lipinski definition) is 1. The highest BCUT2D eigenvalue weighted by molar-refractivity contribution is 6.60. The highest BCUT2D eigenvalue weighted by Crippen LogP contribution is 2.15. The third-order valence-corrected chi connectivity index (χ3v) is 4.60. The molecule has 0 fully saturated rings. The average Bonchev–Trinajstić information content (AvgIpc) is 2.22. The number of unbranched alkanes of at least 4 members (excludes halogenated alkanes) is 1. The van der Waals surface area contributed by atoms with E-state index < -0.39 is 8.80 Å². The second kappa shape index (κ2) is 10.6. The molecule has 14 heavy (non-hydrogen) atoms. The number of isocyanates is 1. The fraction of sp³-hybridized carbons (Fsp3) is 0.875. The molecule has 0 radical (unpaired) electrons. The Balaban J connectivity index is 0. The molecule has 0 aliphatic carbocycles. The minimum Gasteiger partial charge on any atom is -0.377 e. The third-order valence-electron chi connectivity index (χ3n) is 1.77. The van der Waals surface area contributed by atoms with Crippen molar-refractivity contribution in [1.29, 1.82) is 5.41 Å². The summed E-state index contributed by atoms with van der Waals surface area (Å²) in [6.45, 7) is 2.14. The normalized spacial score (nSPS) is 10.0. The van der Waals surface area contributed by atoms with Crippen molar-refractivity contribution in [2.24, 2.45) is 0 Å². The van der Waals surface area contributed by atoms with E-state index in [-0.39, 0.29) is 0 Å². The average molecular weight is 221 g/mol. The lowest BCUT2D eigenvalue weighted by molar-refractivity contribution is 0.123. The highest BCUT2D eigenvalue weighted by Gasteiger charge is 2.36. The molecule has 0 aliphatic heterocycles. The van der Waals surface area contributed by atoms with Crippen LogP contribution in [0.1, 0.15) is 19.8 Å². The van der Waals surface area contributed by atoms with E-state index in [1.807, 2.05) is 0 Å². The van der Waals surface area contributed by atoms with Crippen LogP contribution in [-0.4, -0.2) is 36.2 Å². The van der Waals surface area contributed by atoms with Gasteiger partial charge in [-0.05, 0) is 6.42 Å². The minimum absolute atomic E-state index is 0.750. The lowest BCUT2D eigenvalue weighted by atomic mass is 10.4. The zero-order valence-electron chi connectivity index (χ0n) is 9.25. The maximum Gasteiger partial charge on any atom is 0.500 e. The summed E-state index contributed by atoms with van der Waals surface area (Å²) in [5, 5.41) is 5.40. The molecule has 0 spiro atoms. The largest absolute Gasteiger partial charge is 0.500 e. The van der Waals surface area contributed by atoms with Gasteiger partial charge in [0.15, 0.2) is 0 Å². The Labute approximate surface area is 86.2 Å². The lowest BCUT2D eigenvalue weighted by Crippen LogP contribution is -2.42. The number of hydrogen-bond acceptors (Lipinski definition) is 5. The van der Waals surface area contributed by atoms with Crippen LogP contribution in [-0.2, 0) is 18.1 Å². The number of rotatable bonds is 6. The van der Waals surface area contributed by atoms with Crippen LogP contribution >= 0.6 is 0 Å². The first-order valence-corrected chi connectivity index (χ1v) is 6.28. The Morgan fingerprint density at radius 2 is 1.57 bits per heavy atom. The van der Waals surface area contributed by atoms with Gasteiger partial charge in [-0.1, -0.05) is 13.3 Å². The van der Waals surface area contributed by atoms with Gasteiger partial charge in [-0.25, -0.2) is 10.2 Å². The molecule has 0 aromatic heterocycles. The van der Waals surface area contributed by atoms with E-state index in [4.69, 9.17) is 23.5 Å². The van der Waals surface area contributed by atoms with E-state index in [1.165, 1.54) is 0 Å². The van der Waals surface area contributed by atoms with Gasteiger partial charge in [-0.15, -0.1) is 0 Å². The number of carbonyl (C=O) groups excluding carboxylic acids is 1. The lowest BCUT2D eigenvalue weighted by Gasteiger charge is -2.23. The predicted molar refractivity (Wildman–Crippen MR) is 54.9 cm³/mol. The molecule has 0 saturated carbocycles. The monoisotopic (exact) mass is 221 g/mol. The van der Waals surface area contributed by atoms with Crippen molar-refractivity contribution in [3.8, 4) is 0 Å². The third kappa shape index (κ3) is 6.94. The van der Waals surface area contributed by atoms with Gasteiger partial charge >= 0.3 is 8.80 Å². The molecule has 0 aliphatic rings. The van der Waals surface area contributed by atoms with Gasteiger partial charge in [0.2, 0.25) is 6.08 Å². The minimum atomic E-state index is -2.24. The van der Waals surface area contributed by atoms with Gasteiger partial charge < -0.3 is 13.3 Å². The van der Waals surface area contributed by atoms with Crippen LogP contribution < -0.4 is 0 Å². The number of nitrogens with one attached hydrogen (secondary N) is 1. The van der Waals surface area contributed by atoms with Crippen molar-refractivity contribution in [2.45, 2.75) is 25.8 Å². The van der Waals surface area contributed by atoms with E-state index in [2.05, 4.69) is 6.92 Å². The summed E-state index contributed by atoms with van der Waals surface area (Å²) in [7, 11) is 2.70. The van der Waals surface area contributed by atoms with Gasteiger partial charge in [-0.2, -0.15) is 0 Å². The molecule has 0 aromatic carbocycles. The van der Waals surface area contributed by atoms with Crippen LogP contribution in [0.5, 0.6) is 0 Å². The molecule has 0 rings (SSSR count). The maximum atomic E-state index is 8.35. The first kappa shape index (κ1) is 15.9. The molecular formula is C8H19NO4Si. The van der Waals surface area contributed by atoms with Crippen molar-refractivity contribution < 1.29 is 18.1 Å². The summed E-state index contributed by atoms with van der Waals surface area (Å²) in [5.74, 6) is 0. The smallest absolute Gasteiger partial charge is 0.377 e. The summed E-state index contributed by atoms with van der Waals surface area (Å²) in [5.41, 5.74) is 0. The van der Waals surface area contributed by atoms with Gasteiger partial charge in [0, 0.05) is 27.4 Å². The summed E-state index contributed by atoms with van der Waals surface area (Å²) < 4.78 is 15.7. The molecule has 1 N–H and O–H groups in total. The van der Waals surface area contributed by atoms with Gasteiger partial charge in [0.1, 0.15) is 0 Å². The van der Waals surface area contributed by atoms with E-state index in [0.717, 1.165) is 25.0 Å². The molecule has 0 unspecified atom stereocenters. The SMILES string of the molecule is CCCC[Si](OC)(OC)OC.N=C=O. The summed E-state index contributed by atoms with van der Waals surface area (Å²) in [4.78, 5) is 8.35. The van der Waals surface area contributed by atoms with Crippen LogP contribution in [0.15, 0.2) is 0 Å². The van der Waals surface area contributed by atoms with Crippen molar-refractivity contribution >= 4 is 14.9 Å². The molecule has 6 heteroatoms. The molecule has 0 amide bonds. The molecule has 5 nitrogen and oxygen atoms in total. The van der Waals surface area contributed by atoms with Crippen molar-refractivity contribution in [3.63, 3.8) is 0 Å². The van der Waals surface area contributed by atoms with Crippen LogP contribution in [0, 0.1) is 5.41 Å². The van der Waals surface area contributed by atoms with Crippen LogP contribution in [0.4, 0.5) is 0 Å². The van der Waals surface area contributed by atoms with Crippen molar-refractivity contribution in [2.75, 3.05) is 21.3 Å². The molecule has 0 atom stereocenters. The Kier molecular flexibility index (Phi) is 12.0. The fourth-order valence-electron chi connectivity index (χ4n) is 0.949. The quantitative estimate of drug-likeness (QED) is 0.420.